The predicted molar refractivity (Wildman–Crippen MR) is 71.1 cm³/mol. The van der Waals surface area contributed by atoms with Gasteiger partial charge in [0.15, 0.2) is 0 Å². The van der Waals surface area contributed by atoms with Gasteiger partial charge >= 0.3 is 0 Å². The van der Waals surface area contributed by atoms with Crippen molar-refractivity contribution < 1.29 is 4.79 Å². The maximum atomic E-state index is 11.7. The first-order valence-electron chi connectivity index (χ1n) is 4.88. The Morgan fingerprint density at radius 1 is 1.69 bits per heavy atom. The van der Waals surface area contributed by atoms with Crippen molar-refractivity contribution in [1.29, 1.82) is 0 Å². The van der Waals surface area contributed by atoms with E-state index in [1.807, 2.05) is 24.0 Å². The number of carbonyl (C=O) groups is 1. The average Bonchev–Trinajstić information content (AvgIpc) is 2.75. The van der Waals surface area contributed by atoms with Gasteiger partial charge in [0, 0.05) is 11.4 Å². The molecule has 0 aliphatic carbocycles. The molecule has 1 saturated heterocycles. The number of rotatable bonds is 3. The zero-order valence-corrected chi connectivity index (χ0v) is 11.3. The fourth-order valence-corrected chi connectivity index (χ4v) is 4.10. The number of thiophene rings is 1. The molecule has 0 N–H and O–H groups in total. The van der Waals surface area contributed by atoms with Crippen LogP contribution in [0.3, 0.4) is 0 Å². The molecule has 0 spiro atoms. The van der Waals surface area contributed by atoms with Crippen molar-refractivity contribution in [2.45, 2.75) is 12.3 Å². The van der Waals surface area contributed by atoms with Crippen LogP contribution in [0.4, 0.5) is 0 Å². The molecule has 0 radical (unpaired) electrons. The lowest BCUT2D eigenvalue weighted by atomic mass is 10.3. The lowest BCUT2D eigenvalue weighted by Crippen LogP contribution is -2.29. The van der Waals surface area contributed by atoms with Crippen molar-refractivity contribution in [2.24, 2.45) is 0 Å². The molecule has 1 aromatic rings. The molecule has 1 unspecified atom stereocenters. The predicted octanol–water partition coefficient (Wildman–Crippen LogP) is 3.55. The van der Waals surface area contributed by atoms with Gasteiger partial charge in [0.2, 0.25) is 5.91 Å². The van der Waals surface area contributed by atoms with Crippen LogP contribution in [0.1, 0.15) is 17.2 Å². The second kappa shape index (κ2) is 4.82. The Balaban J connectivity index is 2.20. The highest BCUT2D eigenvalue weighted by atomic mass is 35.5. The molecule has 0 bridgehead atoms. The highest BCUT2D eigenvalue weighted by Crippen LogP contribution is 2.42. The van der Waals surface area contributed by atoms with Crippen LogP contribution >= 0.6 is 34.7 Å². The molecule has 1 fully saturated rings. The topological polar surface area (TPSA) is 20.3 Å². The van der Waals surface area contributed by atoms with E-state index in [1.54, 1.807) is 11.8 Å². The average molecular weight is 274 g/mol. The fraction of sp³-hybridized carbons (Fsp3) is 0.364. The standard InChI is InChI=1S/C11H12ClNOS2/c1-7(2)5-13-10(14)6-15-11(13)8-3-4-9(12)16-8/h3-4,11H,1,5-6H2,2H3. The summed E-state index contributed by atoms with van der Waals surface area (Å²) in [6, 6.07) is 3.87. The second-order valence-corrected chi connectivity index (χ2v) is 6.60. The molecule has 0 saturated carbocycles. The molecule has 1 aliphatic rings. The van der Waals surface area contributed by atoms with E-state index in [9.17, 15) is 4.79 Å². The van der Waals surface area contributed by atoms with E-state index in [-0.39, 0.29) is 11.3 Å². The molecule has 16 heavy (non-hydrogen) atoms. The lowest BCUT2D eigenvalue weighted by Gasteiger charge is -2.22. The van der Waals surface area contributed by atoms with E-state index < -0.39 is 0 Å². The summed E-state index contributed by atoms with van der Waals surface area (Å²) in [5.41, 5.74) is 1.00. The van der Waals surface area contributed by atoms with Gasteiger partial charge in [-0.1, -0.05) is 23.8 Å². The maximum Gasteiger partial charge on any atom is 0.234 e. The van der Waals surface area contributed by atoms with E-state index in [1.165, 1.54) is 11.3 Å². The third kappa shape index (κ3) is 2.44. The minimum atomic E-state index is 0.113. The SMILES string of the molecule is C=C(C)CN1C(=O)CSC1c1ccc(Cl)s1. The molecule has 86 valence electrons. The van der Waals surface area contributed by atoms with Crippen molar-refractivity contribution in [3.8, 4) is 0 Å². The smallest absolute Gasteiger partial charge is 0.234 e. The quantitative estimate of drug-likeness (QED) is 0.785. The highest BCUT2D eigenvalue weighted by Gasteiger charge is 2.33. The van der Waals surface area contributed by atoms with Gasteiger partial charge in [0.1, 0.15) is 5.37 Å². The molecule has 2 nitrogen and oxygen atoms in total. The molecule has 1 atom stereocenters. The first kappa shape index (κ1) is 12.0. The molecular weight excluding hydrogens is 262 g/mol. The van der Waals surface area contributed by atoms with Gasteiger partial charge in [-0.2, -0.15) is 0 Å². The monoisotopic (exact) mass is 273 g/mol. The molecule has 2 heterocycles. The van der Waals surface area contributed by atoms with E-state index in [2.05, 4.69) is 6.58 Å². The first-order chi connectivity index (χ1) is 7.58. The van der Waals surface area contributed by atoms with Crippen LogP contribution in [-0.2, 0) is 4.79 Å². The third-order valence-electron chi connectivity index (χ3n) is 2.25. The summed E-state index contributed by atoms with van der Waals surface area (Å²) in [6.07, 6.45) is 0. The van der Waals surface area contributed by atoms with Crippen LogP contribution in [0.15, 0.2) is 24.3 Å². The van der Waals surface area contributed by atoms with Crippen LogP contribution in [-0.4, -0.2) is 23.1 Å². The van der Waals surface area contributed by atoms with Crippen LogP contribution in [0.2, 0.25) is 4.34 Å². The summed E-state index contributed by atoms with van der Waals surface area (Å²) in [4.78, 5) is 14.7. The Morgan fingerprint density at radius 3 is 3.00 bits per heavy atom. The molecule has 1 amide bonds. The largest absolute Gasteiger partial charge is 0.321 e. The Morgan fingerprint density at radius 2 is 2.44 bits per heavy atom. The summed E-state index contributed by atoms with van der Waals surface area (Å²) in [7, 11) is 0. The zero-order valence-electron chi connectivity index (χ0n) is 8.90. The number of amides is 1. The van der Waals surface area contributed by atoms with Gasteiger partial charge in [-0.15, -0.1) is 23.1 Å². The number of hydrogen-bond acceptors (Lipinski definition) is 3. The lowest BCUT2D eigenvalue weighted by molar-refractivity contribution is -0.127. The number of thioether (sulfide) groups is 1. The molecule has 2 rings (SSSR count). The van der Waals surface area contributed by atoms with E-state index in [0.717, 1.165) is 14.8 Å². The van der Waals surface area contributed by atoms with Crippen molar-refractivity contribution in [1.82, 2.24) is 4.90 Å². The maximum absolute atomic E-state index is 11.7. The zero-order chi connectivity index (χ0) is 11.7. The van der Waals surface area contributed by atoms with Gasteiger partial charge in [-0.25, -0.2) is 0 Å². The van der Waals surface area contributed by atoms with E-state index in [0.29, 0.717) is 12.3 Å². The van der Waals surface area contributed by atoms with Gasteiger partial charge in [-0.3, -0.25) is 4.79 Å². The Labute approximate surface area is 108 Å². The summed E-state index contributed by atoms with van der Waals surface area (Å²) in [6.45, 7) is 6.43. The first-order valence-corrected chi connectivity index (χ1v) is 7.13. The van der Waals surface area contributed by atoms with Gasteiger partial charge < -0.3 is 4.90 Å². The number of nitrogens with zero attached hydrogens (tertiary/aromatic N) is 1. The van der Waals surface area contributed by atoms with E-state index >= 15 is 0 Å². The number of carbonyl (C=O) groups excluding carboxylic acids is 1. The van der Waals surface area contributed by atoms with E-state index in [4.69, 9.17) is 11.6 Å². The van der Waals surface area contributed by atoms with Crippen LogP contribution in [0, 0.1) is 0 Å². The van der Waals surface area contributed by atoms with Crippen molar-refractivity contribution in [3.63, 3.8) is 0 Å². The van der Waals surface area contributed by atoms with Gasteiger partial charge in [0.05, 0.1) is 10.1 Å². The van der Waals surface area contributed by atoms with Crippen LogP contribution in [0.25, 0.3) is 0 Å². The molecular formula is C11H12ClNOS2. The van der Waals surface area contributed by atoms with Gasteiger partial charge in [0.25, 0.3) is 0 Å². The van der Waals surface area contributed by atoms with Crippen LogP contribution in [0.5, 0.6) is 0 Å². The Hall–Kier alpha value is -0.450. The third-order valence-corrected chi connectivity index (χ3v) is 4.92. The van der Waals surface area contributed by atoms with Crippen molar-refractivity contribution in [3.05, 3.63) is 33.5 Å². The number of hydrogen-bond donors (Lipinski definition) is 0. The summed E-state index contributed by atoms with van der Waals surface area (Å²) in [5, 5.41) is 0.113. The Kier molecular flexibility index (Phi) is 3.62. The fourth-order valence-electron chi connectivity index (χ4n) is 1.61. The second-order valence-electron chi connectivity index (χ2n) is 3.78. The van der Waals surface area contributed by atoms with Crippen molar-refractivity contribution in [2.75, 3.05) is 12.3 Å². The van der Waals surface area contributed by atoms with Crippen LogP contribution < -0.4 is 0 Å². The van der Waals surface area contributed by atoms with Crippen molar-refractivity contribution >= 4 is 40.6 Å². The minimum absolute atomic E-state index is 0.113. The molecule has 1 aromatic heterocycles. The number of halogens is 1. The molecule has 0 aromatic carbocycles. The normalized spacial score (nSPS) is 20.5. The summed E-state index contributed by atoms with van der Waals surface area (Å²) < 4.78 is 0.769. The minimum Gasteiger partial charge on any atom is -0.321 e. The Bertz CT molecular complexity index is 429. The molecule has 5 heteroatoms. The summed E-state index contributed by atoms with van der Waals surface area (Å²) >= 11 is 9.11. The molecule has 1 aliphatic heterocycles. The summed E-state index contributed by atoms with van der Waals surface area (Å²) in [5.74, 6) is 0.732. The highest BCUT2D eigenvalue weighted by molar-refractivity contribution is 8.00. The van der Waals surface area contributed by atoms with Gasteiger partial charge in [-0.05, 0) is 19.1 Å².